The quantitative estimate of drug-likeness (QED) is 0.484. The zero-order chi connectivity index (χ0) is 19.3. The summed E-state index contributed by atoms with van der Waals surface area (Å²) in [7, 11) is 0. The minimum Gasteiger partial charge on any atom is -0.461 e. The summed E-state index contributed by atoms with van der Waals surface area (Å²) >= 11 is 0. The average molecular weight is 374 g/mol. The molecule has 1 amide bonds. The molecule has 1 unspecified atom stereocenters. The van der Waals surface area contributed by atoms with Gasteiger partial charge in [-0.25, -0.2) is 9.67 Å². The molecule has 10 nitrogen and oxygen atoms in total. The molecule has 0 aliphatic heterocycles. The van der Waals surface area contributed by atoms with Crippen molar-refractivity contribution in [3.63, 3.8) is 0 Å². The van der Waals surface area contributed by atoms with Gasteiger partial charge in [0.15, 0.2) is 23.1 Å². The Balaban J connectivity index is 1.75. The number of fused-ring (bicyclic) bond motifs is 3. The number of amides is 1. The Morgan fingerprint density at radius 2 is 1.89 bits per heavy atom. The summed E-state index contributed by atoms with van der Waals surface area (Å²) in [5.41, 5.74) is 13.3. The summed E-state index contributed by atoms with van der Waals surface area (Å²) in [5, 5.41) is 9.28. The van der Waals surface area contributed by atoms with Gasteiger partial charge in [-0.1, -0.05) is 30.3 Å². The minimum absolute atomic E-state index is 0.103. The van der Waals surface area contributed by atoms with E-state index in [2.05, 4.69) is 20.2 Å². The standard InChI is InChI=1S/C18H14N8O2/c19-14(27)13(10-5-2-1-3-6-10)25-17-11(9-21-25)16-22-15(12-7-4-8-28-12)24-26(16)18(20)23-17/h1-9,13H,(H2,19,27)(H2,20,23). The predicted octanol–water partition coefficient (Wildman–Crippen LogP) is 1.39. The Morgan fingerprint density at radius 1 is 1.07 bits per heavy atom. The molecule has 138 valence electrons. The van der Waals surface area contributed by atoms with E-state index in [1.54, 1.807) is 30.5 Å². The van der Waals surface area contributed by atoms with Crippen molar-refractivity contribution in [3.05, 3.63) is 60.5 Å². The molecule has 0 radical (unpaired) electrons. The van der Waals surface area contributed by atoms with Crippen molar-refractivity contribution in [1.82, 2.24) is 29.4 Å². The van der Waals surface area contributed by atoms with Crippen LogP contribution in [0.1, 0.15) is 11.6 Å². The second kappa shape index (κ2) is 5.91. The molecule has 0 aliphatic rings. The van der Waals surface area contributed by atoms with Crippen LogP contribution >= 0.6 is 0 Å². The molecular formula is C18H14N8O2. The van der Waals surface area contributed by atoms with Crippen molar-refractivity contribution in [2.75, 3.05) is 5.73 Å². The smallest absolute Gasteiger partial charge is 0.246 e. The molecule has 0 aliphatic carbocycles. The highest BCUT2D eigenvalue weighted by atomic mass is 16.3. The van der Waals surface area contributed by atoms with Gasteiger partial charge >= 0.3 is 0 Å². The average Bonchev–Trinajstić information content (AvgIpc) is 3.42. The van der Waals surface area contributed by atoms with Crippen LogP contribution in [0.3, 0.4) is 0 Å². The molecule has 4 aromatic heterocycles. The maximum atomic E-state index is 12.2. The lowest BCUT2D eigenvalue weighted by Gasteiger charge is -2.15. The molecule has 0 spiro atoms. The fraction of sp³-hybridized carbons (Fsp3) is 0.0556. The van der Waals surface area contributed by atoms with Gasteiger partial charge < -0.3 is 15.9 Å². The maximum absolute atomic E-state index is 12.2. The van der Waals surface area contributed by atoms with Crippen LogP contribution in [0.5, 0.6) is 0 Å². The summed E-state index contributed by atoms with van der Waals surface area (Å²) in [6.07, 6.45) is 3.10. The van der Waals surface area contributed by atoms with Crippen molar-refractivity contribution in [3.8, 4) is 11.6 Å². The number of carbonyl (C=O) groups is 1. The van der Waals surface area contributed by atoms with Gasteiger partial charge in [-0.2, -0.15) is 14.6 Å². The second-order valence-electron chi connectivity index (χ2n) is 6.16. The number of furan rings is 1. The van der Waals surface area contributed by atoms with E-state index < -0.39 is 11.9 Å². The third-order valence-electron chi connectivity index (χ3n) is 4.43. The Bertz CT molecular complexity index is 1300. The van der Waals surface area contributed by atoms with Crippen LogP contribution in [0, 0.1) is 0 Å². The van der Waals surface area contributed by atoms with E-state index in [-0.39, 0.29) is 5.95 Å². The predicted molar refractivity (Wildman–Crippen MR) is 100.0 cm³/mol. The number of aromatic nitrogens is 6. The minimum atomic E-state index is -0.833. The molecule has 4 heterocycles. The first kappa shape index (κ1) is 16.0. The fourth-order valence-corrected chi connectivity index (χ4v) is 3.19. The largest absolute Gasteiger partial charge is 0.461 e. The van der Waals surface area contributed by atoms with E-state index in [4.69, 9.17) is 15.9 Å². The first-order valence-corrected chi connectivity index (χ1v) is 8.41. The molecule has 1 aromatic carbocycles. The molecule has 10 heteroatoms. The molecule has 0 saturated carbocycles. The lowest BCUT2D eigenvalue weighted by atomic mass is 10.1. The van der Waals surface area contributed by atoms with Crippen LogP contribution in [-0.2, 0) is 4.79 Å². The number of hydrogen-bond donors (Lipinski definition) is 2. The van der Waals surface area contributed by atoms with E-state index >= 15 is 0 Å². The third kappa shape index (κ3) is 2.31. The molecule has 0 fully saturated rings. The van der Waals surface area contributed by atoms with Crippen LogP contribution in [0.2, 0.25) is 0 Å². The lowest BCUT2D eigenvalue weighted by molar-refractivity contribution is -0.120. The molecule has 1 atom stereocenters. The number of hydrogen-bond acceptors (Lipinski definition) is 7. The molecule has 28 heavy (non-hydrogen) atoms. The van der Waals surface area contributed by atoms with Gasteiger partial charge in [0.05, 0.1) is 17.8 Å². The van der Waals surface area contributed by atoms with E-state index in [0.29, 0.717) is 33.8 Å². The maximum Gasteiger partial charge on any atom is 0.246 e. The third-order valence-corrected chi connectivity index (χ3v) is 4.43. The number of rotatable bonds is 4. The van der Waals surface area contributed by atoms with Gasteiger partial charge in [0, 0.05) is 0 Å². The normalized spacial score (nSPS) is 12.6. The number of primary amides is 1. The van der Waals surface area contributed by atoms with Gasteiger partial charge in [0.2, 0.25) is 17.7 Å². The number of nitrogens with zero attached hydrogens (tertiary/aromatic N) is 6. The van der Waals surface area contributed by atoms with Crippen LogP contribution < -0.4 is 11.5 Å². The number of anilines is 1. The Morgan fingerprint density at radius 3 is 2.61 bits per heavy atom. The summed E-state index contributed by atoms with van der Waals surface area (Å²) in [4.78, 5) is 21.1. The van der Waals surface area contributed by atoms with E-state index in [1.165, 1.54) is 15.5 Å². The van der Waals surface area contributed by atoms with E-state index in [1.807, 2.05) is 18.2 Å². The zero-order valence-electron chi connectivity index (χ0n) is 14.4. The van der Waals surface area contributed by atoms with Crippen molar-refractivity contribution >= 4 is 28.5 Å². The van der Waals surface area contributed by atoms with E-state index in [0.717, 1.165) is 0 Å². The Hall–Kier alpha value is -4.21. The number of nitrogens with two attached hydrogens (primary N) is 2. The van der Waals surface area contributed by atoms with Crippen LogP contribution in [0.25, 0.3) is 28.3 Å². The molecule has 5 aromatic rings. The van der Waals surface area contributed by atoms with Crippen LogP contribution in [0.15, 0.2) is 59.3 Å². The van der Waals surface area contributed by atoms with E-state index in [9.17, 15) is 4.79 Å². The van der Waals surface area contributed by atoms with Gasteiger partial charge in [0.25, 0.3) is 0 Å². The van der Waals surface area contributed by atoms with Crippen LogP contribution in [-0.4, -0.2) is 35.3 Å². The van der Waals surface area contributed by atoms with Crippen molar-refractivity contribution in [2.45, 2.75) is 6.04 Å². The Labute approximate surface area is 157 Å². The van der Waals surface area contributed by atoms with Gasteiger partial charge in [-0.3, -0.25) is 4.79 Å². The topological polar surface area (TPSA) is 143 Å². The Kier molecular flexibility index (Phi) is 3.38. The fourth-order valence-electron chi connectivity index (χ4n) is 3.19. The number of nitrogen functional groups attached to an aromatic ring is 1. The first-order valence-electron chi connectivity index (χ1n) is 8.41. The highest BCUT2D eigenvalue weighted by Gasteiger charge is 2.25. The molecule has 0 saturated heterocycles. The monoisotopic (exact) mass is 374 g/mol. The summed E-state index contributed by atoms with van der Waals surface area (Å²) in [5.74, 6) is 0.413. The van der Waals surface area contributed by atoms with Gasteiger partial charge in [0.1, 0.15) is 0 Å². The van der Waals surface area contributed by atoms with Crippen molar-refractivity contribution in [2.24, 2.45) is 5.73 Å². The molecule has 5 rings (SSSR count). The number of carbonyl (C=O) groups excluding carboxylic acids is 1. The highest BCUT2D eigenvalue weighted by molar-refractivity contribution is 5.92. The number of benzene rings is 1. The van der Waals surface area contributed by atoms with Crippen molar-refractivity contribution in [1.29, 1.82) is 0 Å². The van der Waals surface area contributed by atoms with Gasteiger partial charge in [-0.05, 0) is 17.7 Å². The lowest BCUT2D eigenvalue weighted by Crippen LogP contribution is -2.28. The second-order valence-corrected chi connectivity index (χ2v) is 6.16. The highest BCUT2D eigenvalue weighted by Crippen LogP contribution is 2.27. The molecule has 0 bridgehead atoms. The SMILES string of the molecule is NC(=O)C(c1ccccc1)n1ncc2c1nc(N)n1nc(-c3ccco3)nc21. The summed E-state index contributed by atoms with van der Waals surface area (Å²) < 4.78 is 8.21. The van der Waals surface area contributed by atoms with Gasteiger partial charge in [-0.15, -0.1) is 5.10 Å². The molecule has 4 N–H and O–H groups in total. The molecular weight excluding hydrogens is 360 g/mol. The van der Waals surface area contributed by atoms with Crippen LogP contribution in [0.4, 0.5) is 5.95 Å². The first-order chi connectivity index (χ1) is 13.6. The summed E-state index contributed by atoms with van der Waals surface area (Å²) in [6.45, 7) is 0. The zero-order valence-corrected chi connectivity index (χ0v) is 14.4. The van der Waals surface area contributed by atoms with Crippen molar-refractivity contribution < 1.29 is 9.21 Å². The summed E-state index contributed by atoms with van der Waals surface area (Å²) in [6, 6.07) is 11.8.